The maximum Gasteiger partial charge on any atom is 0.317 e. The van der Waals surface area contributed by atoms with Crippen LogP contribution in [0.15, 0.2) is 0 Å². The van der Waals surface area contributed by atoms with Crippen molar-refractivity contribution in [2.75, 3.05) is 0 Å². The molecule has 0 aromatic carbocycles. The van der Waals surface area contributed by atoms with Gasteiger partial charge in [-0.1, -0.05) is 12.8 Å². The van der Waals surface area contributed by atoms with Crippen molar-refractivity contribution < 1.29 is 14.3 Å². The second kappa shape index (κ2) is 2.10. The Hall–Kier alpha value is -0.860. The quantitative estimate of drug-likeness (QED) is 0.488. The molecule has 7 aliphatic carbocycles. The fourth-order valence-corrected chi connectivity index (χ4v) is 9.46. The Bertz CT molecular complexity index is 559. The van der Waals surface area contributed by atoms with Crippen LogP contribution in [0, 0.1) is 58.2 Å². The summed E-state index contributed by atoms with van der Waals surface area (Å²) in [5.74, 6) is 4.27. The molecule has 19 heavy (non-hydrogen) atoms. The topological polar surface area (TPSA) is 43.4 Å². The van der Waals surface area contributed by atoms with Crippen molar-refractivity contribution in [1.29, 1.82) is 0 Å². The number of cyclic esters (lactones) is 2. The molecule has 0 amide bonds. The first-order valence-corrected chi connectivity index (χ1v) is 8.01. The van der Waals surface area contributed by atoms with Gasteiger partial charge in [0.1, 0.15) is 0 Å². The van der Waals surface area contributed by atoms with Crippen molar-refractivity contribution in [2.45, 2.75) is 25.7 Å². The highest BCUT2D eigenvalue weighted by molar-refractivity contribution is 5.98. The van der Waals surface area contributed by atoms with Gasteiger partial charge in [-0.15, -0.1) is 0 Å². The van der Waals surface area contributed by atoms with Crippen LogP contribution < -0.4 is 0 Å². The highest BCUT2D eigenvalue weighted by Gasteiger charge is 3.03. The predicted octanol–water partition coefficient (Wildman–Crippen LogP) is 1.61. The fourth-order valence-electron chi connectivity index (χ4n) is 9.46. The Morgan fingerprint density at radius 1 is 0.789 bits per heavy atom. The van der Waals surface area contributed by atoms with Crippen LogP contribution in [0.4, 0.5) is 0 Å². The summed E-state index contributed by atoms with van der Waals surface area (Å²) in [6.45, 7) is 0. The van der Waals surface area contributed by atoms with Gasteiger partial charge in [0.05, 0.1) is 11.8 Å². The van der Waals surface area contributed by atoms with E-state index in [4.69, 9.17) is 4.74 Å². The minimum absolute atomic E-state index is 0.0255. The molecular formula is C16H16O3. The van der Waals surface area contributed by atoms with Crippen LogP contribution in [0.3, 0.4) is 0 Å². The van der Waals surface area contributed by atoms with Crippen molar-refractivity contribution in [3.8, 4) is 0 Å². The van der Waals surface area contributed by atoms with Gasteiger partial charge in [0.2, 0.25) is 0 Å². The van der Waals surface area contributed by atoms with Gasteiger partial charge in [0.15, 0.2) is 0 Å². The molecule has 8 rings (SSSR count). The van der Waals surface area contributed by atoms with Crippen LogP contribution in [-0.4, -0.2) is 11.9 Å². The summed E-state index contributed by atoms with van der Waals surface area (Å²) in [6, 6.07) is 0. The molecule has 0 aromatic heterocycles. The van der Waals surface area contributed by atoms with Crippen molar-refractivity contribution in [3.63, 3.8) is 0 Å². The second-order valence-corrected chi connectivity index (χ2v) is 8.34. The molecule has 2 bridgehead atoms. The van der Waals surface area contributed by atoms with E-state index in [2.05, 4.69) is 0 Å². The molecule has 3 heteroatoms. The van der Waals surface area contributed by atoms with Crippen LogP contribution in [0.5, 0.6) is 0 Å². The van der Waals surface area contributed by atoms with E-state index < -0.39 is 0 Å². The number of ether oxygens (including phenoxy) is 1. The number of hydrogen-bond donors (Lipinski definition) is 0. The van der Waals surface area contributed by atoms with Gasteiger partial charge in [-0.2, -0.15) is 0 Å². The van der Waals surface area contributed by atoms with Crippen molar-refractivity contribution >= 4 is 11.9 Å². The lowest BCUT2D eigenvalue weighted by Gasteiger charge is -3.04. The maximum atomic E-state index is 12.1. The molecule has 2 spiro atoms. The van der Waals surface area contributed by atoms with E-state index in [0.29, 0.717) is 22.7 Å². The molecular weight excluding hydrogens is 240 g/mol. The van der Waals surface area contributed by atoms with Crippen molar-refractivity contribution in [2.24, 2.45) is 58.2 Å². The van der Waals surface area contributed by atoms with E-state index in [9.17, 15) is 9.59 Å². The van der Waals surface area contributed by atoms with Gasteiger partial charge < -0.3 is 4.74 Å². The molecule has 0 unspecified atom stereocenters. The molecule has 3 nitrogen and oxygen atoms in total. The van der Waals surface area contributed by atoms with E-state index in [1.165, 1.54) is 25.7 Å². The summed E-state index contributed by atoms with van der Waals surface area (Å²) in [5.41, 5.74) is 1.01. The van der Waals surface area contributed by atoms with Crippen molar-refractivity contribution in [1.82, 2.24) is 0 Å². The van der Waals surface area contributed by atoms with Crippen LogP contribution in [0.1, 0.15) is 25.7 Å². The number of esters is 2. The Kier molecular flexibility index (Phi) is 1.01. The van der Waals surface area contributed by atoms with Crippen LogP contribution in [0.2, 0.25) is 0 Å². The monoisotopic (exact) mass is 256 g/mol. The summed E-state index contributed by atoms with van der Waals surface area (Å²) < 4.78 is 5.06. The minimum Gasteiger partial charge on any atom is -0.393 e. The van der Waals surface area contributed by atoms with Gasteiger partial charge in [-0.05, 0) is 59.2 Å². The van der Waals surface area contributed by atoms with Gasteiger partial charge in [-0.3, -0.25) is 9.59 Å². The van der Waals surface area contributed by atoms with Crippen LogP contribution in [0.25, 0.3) is 0 Å². The zero-order chi connectivity index (χ0) is 12.3. The molecule has 1 aliphatic heterocycles. The van der Waals surface area contributed by atoms with Gasteiger partial charge in [0.25, 0.3) is 0 Å². The van der Waals surface area contributed by atoms with Gasteiger partial charge in [-0.25, -0.2) is 0 Å². The molecule has 8 fully saturated rings. The second-order valence-electron chi connectivity index (χ2n) is 8.34. The molecule has 10 atom stereocenters. The normalized spacial score (nSPS) is 75.6. The zero-order valence-corrected chi connectivity index (χ0v) is 10.7. The van der Waals surface area contributed by atoms with Gasteiger partial charge >= 0.3 is 11.9 Å². The highest BCUT2D eigenvalue weighted by Crippen LogP contribution is 3.05. The number of rotatable bonds is 0. The van der Waals surface area contributed by atoms with E-state index in [-0.39, 0.29) is 23.8 Å². The summed E-state index contributed by atoms with van der Waals surface area (Å²) in [6.07, 6.45) is 5.41. The van der Waals surface area contributed by atoms with Crippen LogP contribution in [-0.2, 0) is 14.3 Å². The van der Waals surface area contributed by atoms with E-state index >= 15 is 0 Å². The smallest absolute Gasteiger partial charge is 0.317 e. The largest absolute Gasteiger partial charge is 0.393 e. The molecule has 1 saturated heterocycles. The third kappa shape index (κ3) is 0.494. The third-order valence-electron chi connectivity index (χ3n) is 9.07. The Balaban J connectivity index is 1.51. The summed E-state index contributed by atoms with van der Waals surface area (Å²) in [4.78, 5) is 24.3. The number of hydrogen-bond acceptors (Lipinski definition) is 3. The Labute approximate surface area is 111 Å². The SMILES string of the molecule is O=C1OC(=O)[C@@H]2[C@@H]1[C@H]1[C@H]3[C@H]4[C@H]2[C@@]25CCCC[C@@]12[C@@H]3[C@H]45. The van der Waals surface area contributed by atoms with Crippen molar-refractivity contribution in [3.05, 3.63) is 0 Å². The highest BCUT2D eigenvalue weighted by atomic mass is 16.6. The first kappa shape index (κ1) is 9.15. The molecule has 1 heterocycles. The molecule has 7 saturated carbocycles. The molecule has 98 valence electrons. The molecule has 0 radical (unpaired) electrons. The maximum absolute atomic E-state index is 12.1. The first-order chi connectivity index (χ1) is 9.25. The summed E-state index contributed by atoms with van der Waals surface area (Å²) in [5, 5.41) is 0. The molecule has 8 aliphatic rings. The summed E-state index contributed by atoms with van der Waals surface area (Å²) in [7, 11) is 0. The average molecular weight is 256 g/mol. The fraction of sp³-hybridized carbons (Fsp3) is 0.875. The third-order valence-corrected chi connectivity index (χ3v) is 9.07. The average Bonchev–Trinajstić information content (AvgIpc) is 2.64. The molecule has 0 aromatic rings. The zero-order valence-electron chi connectivity index (χ0n) is 10.7. The first-order valence-electron chi connectivity index (χ1n) is 8.01. The Morgan fingerprint density at radius 3 is 1.74 bits per heavy atom. The Morgan fingerprint density at radius 2 is 1.26 bits per heavy atom. The molecule has 0 N–H and O–H groups in total. The standard InChI is InChI=1S/C16H16O3/c17-13-7-8(14(18)19-13)10-6-5-9(7)15-3-1-2-4-16(10,15)12(6)11(5)15/h5-12H,1-4H2/t5-,6+,7-,8-,9-,10-,11+,12+,15+,16-/m1/s1. The minimum atomic E-state index is -0.161. The lowest BCUT2D eigenvalue weighted by Crippen LogP contribution is -3.02. The lowest BCUT2D eigenvalue weighted by atomic mass is 8.99. The summed E-state index contributed by atoms with van der Waals surface area (Å²) >= 11 is 0. The van der Waals surface area contributed by atoms with E-state index in [1.807, 2.05) is 0 Å². The number of carbonyl (C=O) groups excluding carboxylic acids is 2. The van der Waals surface area contributed by atoms with Crippen LogP contribution >= 0.6 is 0 Å². The van der Waals surface area contributed by atoms with E-state index in [1.54, 1.807) is 0 Å². The lowest BCUT2D eigenvalue weighted by molar-refractivity contribution is -0.581. The predicted molar refractivity (Wildman–Crippen MR) is 62.4 cm³/mol. The number of carbonyl (C=O) groups is 2. The van der Waals surface area contributed by atoms with Gasteiger partial charge in [0, 0.05) is 0 Å². The van der Waals surface area contributed by atoms with E-state index in [0.717, 1.165) is 23.7 Å².